The van der Waals surface area contributed by atoms with Gasteiger partial charge in [-0.25, -0.2) is 12.8 Å². The smallest absolute Gasteiger partial charge is 0.264 e. The zero-order valence-corrected chi connectivity index (χ0v) is 25.4. The van der Waals surface area contributed by atoms with E-state index in [9.17, 15) is 22.4 Å². The third-order valence-electron chi connectivity index (χ3n) is 6.23. The largest absolute Gasteiger partial charge is 0.497 e. The molecule has 0 saturated carbocycles. The molecule has 0 aliphatic carbocycles. The Labute approximate surface area is 250 Å². The monoisotopic (exact) mass is 623 g/mol. The van der Waals surface area contributed by atoms with Crippen molar-refractivity contribution in [2.75, 3.05) is 24.5 Å². The van der Waals surface area contributed by atoms with Gasteiger partial charge in [0.05, 0.1) is 27.7 Å². The van der Waals surface area contributed by atoms with Crippen molar-refractivity contribution in [1.82, 2.24) is 10.2 Å². The van der Waals surface area contributed by atoms with Crippen LogP contribution in [-0.4, -0.2) is 51.4 Å². The number of sulfonamides is 1. The Morgan fingerprint density at radius 2 is 1.59 bits per heavy atom. The molecule has 3 aromatic carbocycles. The molecule has 0 aromatic heterocycles. The normalized spacial score (nSPS) is 12.1. The van der Waals surface area contributed by atoms with Gasteiger partial charge in [0.15, 0.2) is 0 Å². The van der Waals surface area contributed by atoms with E-state index in [2.05, 4.69) is 5.32 Å². The van der Waals surface area contributed by atoms with E-state index in [0.29, 0.717) is 22.9 Å². The summed E-state index contributed by atoms with van der Waals surface area (Å²) < 4.78 is 47.4. The van der Waals surface area contributed by atoms with Crippen LogP contribution >= 0.6 is 23.2 Å². The highest BCUT2D eigenvalue weighted by Gasteiger charge is 2.32. The third kappa shape index (κ3) is 8.34. The van der Waals surface area contributed by atoms with Gasteiger partial charge in [0.2, 0.25) is 11.8 Å². The Bertz CT molecular complexity index is 1470. The Balaban J connectivity index is 2.02. The molecular formula is C29H32Cl2FN3O5S. The van der Waals surface area contributed by atoms with Crippen LogP contribution in [0.1, 0.15) is 26.3 Å². The van der Waals surface area contributed by atoms with Gasteiger partial charge in [0.1, 0.15) is 24.2 Å². The van der Waals surface area contributed by atoms with Crippen LogP contribution in [0.5, 0.6) is 5.75 Å². The average molecular weight is 625 g/mol. The molecule has 220 valence electrons. The van der Waals surface area contributed by atoms with Gasteiger partial charge < -0.3 is 15.0 Å². The maximum atomic E-state index is 13.9. The topological polar surface area (TPSA) is 96.0 Å². The van der Waals surface area contributed by atoms with Gasteiger partial charge in [-0.15, -0.1) is 0 Å². The van der Waals surface area contributed by atoms with E-state index in [0.717, 1.165) is 16.4 Å². The van der Waals surface area contributed by atoms with E-state index in [-0.39, 0.29) is 28.1 Å². The van der Waals surface area contributed by atoms with Gasteiger partial charge in [-0.05, 0) is 79.1 Å². The summed E-state index contributed by atoms with van der Waals surface area (Å²) in [6.07, 6.45) is 0. The van der Waals surface area contributed by atoms with Crippen molar-refractivity contribution in [3.05, 3.63) is 88.2 Å². The minimum absolute atomic E-state index is 0.0498. The summed E-state index contributed by atoms with van der Waals surface area (Å²) in [4.78, 5) is 28.1. The fourth-order valence-electron chi connectivity index (χ4n) is 3.88. The molecule has 3 rings (SSSR count). The van der Waals surface area contributed by atoms with Gasteiger partial charge in [-0.3, -0.25) is 13.9 Å². The van der Waals surface area contributed by atoms with Gasteiger partial charge in [-0.1, -0.05) is 43.1 Å². The number of hydrogen-bond donors (Lipinski definition) is 1. The molecule has 2 amide bonds. The molecule has 41 heavy (non-hydrogen) atoms. The van der Waals surface area contributed by atoms with E-state index in [1.807, 2.05) is 13.8 Å². The first kappa shape index (κ1) is 32.2. The Morgan fingerprint density at radius 3 is 2.15 bits per heavy atom. The lowest BCUT2D eigenvalue weighted by molar-refractivity contribution is -0.139. The minimum Gasteiger partial charge on any atom is -0.497 e. The van der Waals surface area contributed by atoms with Crippen molar-refractivity contribution < 1.29 is 27.1 Å². The minimum atomic E-state index is -4.30. The number of nitrogens with one attached hydrogen (secondary N) is 1. The van der Waals surface area contributed by atoms with Crippen molar-refractivity contribution in [2.24, 2.45) is 5.92 Å². The number of carbonyl (C=O) groups is 2. The van der Waals surface area contributed by atoms with Crippen molar-refractivity contribution >= 4 is 50.7 Å². The molecule has 1 unspecified atom stereocenters. The molecule has 0 bridgehead atoms. The van der Waals surface area contributed by atoms with E-state index in [4.69, 9.17) is 27.9 Å². The molecule has 1 N–H and O–H groups in total. The third-order valence-corrected chi connectivity index (χ3v) is 8.76. The second kappa shape index (κ2) is 14.0. The molecule has 0 fully saturated rings. The number of benzene rings is 3. The molecule has 1 atom stereocenters. The highest BCUT2D eigenvalue weighted by atomic mass is 35.5. The number of nitrogens with zero attached hydrogens (tertiary/aromatic N) is 2. The lowest BCUT2D eigenvalue weighted by atomic mass is 10.1. The predicted octanol–water partition coefficient (Wildman–Crippen LogP) is 5.53. The Morgan fingerprint density at radius 1 is 0.951 bits per heavy atom. The summed E-state index contributed by atoms with van der Waals surface area (Å²) in [6.45, 7) is 5.12. The van der Waals surface area contributed by atoms with E-state index in [1.54, 1.807) is 25.1 Å². The van der Waals surface area contributed by atoms with E-state index >= 15 is 0 Å². The summed E-state index contributed by atoms with van der Waals surface area (Å²) in [5.74, 6) is -1.02. The quantitative estimate of drug-likeness (QED) is 0.286. The molecule has 0 saturated heterocycles. The molecule has 3 aromatic rings. The number of hydrogen-bond acceptors (Lipinski definition) is 5. The van der Waals surface area contributed by atoms with Crippen LogP contribution in [0.4, 0.5) is 10.1 Å². The highest BCUT2D eigenvalue weighted by molar-refractivity contribution is 7.92. The first-order valence-corrected chi connectivity index (χ1v) is 15.0. The number of carbonyl (C=O) groups excluding carboxylic acids is 2. The molecule has 0 heterocycles. The van der Waals surface area contributed by atoms with Crippen molar-refractivity contribution in [1.29, 1.82) is 0 Å². The standard InChI is InChI=1S/C29H32Cl2FN3O5S/c1-19(2)16-33-29(37)20(3)34(17-21-5-14-26(30)27(31)15-21)28(36)18-35(23-8-6-22(32)7-9-23)41(38,39)25-12-10-24(40-4)11-13-25/h5-15,19-20H,16-18H2,1-4H3,(H,33,37). The second-order valence-electron chi connectivity index (χ2n) is 9.75. The first-order valence-electron chi connectivity index (χ1n) is 12.8. The number of anilines is 1. The maximum absolute atomic E-state index is 13.9. The maximum Gasteiger partial charge on any atom is 0.264 e. The molecule has 0 radical (unpaired) electrons. The van der Waals surface area contributed by atoms with Crippen molar-refractivity contribution in [2.45, 2.75) is 38.3 Å². The van der Waals surface area contributed by atoms with Gasteiger partial charge in [0.25, 0.3) is 10.0 Å². The van der Waals surface area contributed by atoms with Crippen LogP contribution in [-0.2, 0) is 26.2 Å². The summed E-state index contributed by atoms with van der Waals surface area (Å²) in [5, 5.41) is 3.41. The fourth-order valence-corrected chi connectivity index (χ4v) is 5.62. The van der Waals surface area contributed by atoms with Crippen molar-refractivity contribution in [3.8, 4) is 5.75 Å². The molecule has 8 nitrogen and oxygen atoms in total. The van der Waals surface area contributed by atoms with E-state index < -0.39 is 40.2 Å². The molecule has 0 spiro atoms. The predicted molar refractivity (Wildman–Crippen MR) is 158 cm³/mol. The summed E-state index contributed by atoms with van der Waals surface area (Å²) >= 11 is 12.2. The lowest BCUT2D eigenvalue weighted by Crippen LogP contribution is -2.51. The van der Waals surface area contributed by atoms with Crippen LogP contribution in [0.3, 0.4) is 0 Å². The Kier molecular flexibility index (Phi) is 11.0. The molecule has 12 heteroatoms. The number of amides is 2. The lowest BCUT2D eigenvalue weighted by Gasteiger charge is -2.32. The molecular weight excluding hydrogens is 592 g/mol. The number of methoxy groups -OCH3 is 1. The zero-order chi connectivity index (χ0) is 30.3. The van der Waals surface area contributed by atoms with Gasteiger partial charge in [0, 0.05) is 13.1 Å². The Hall–Kier alpha value is -3.34. The average Bonchev–Trinajstić information content (AvgIpc) is 2.95. The van der Waals surface area contributed by atoms with Crippen LogP contribution in [0, 0.1) is 11.7 Å². The van der Waals surface area contributed by atoms with Crippen molar-refractivity contribution in [3.63, 3.8) is 0 Å². The SMILES string of the molecule is COc1ccc(S(=O)(=O)N(CC(=O)N(Cc2ccc(Cl)c(Cl)c2)C(C)C(=O)NCC(C)C)c2ccc(F)cc2)cc1. The summed E-state index contributed by atoms with van der Waals surface area (Å²) in [7, 11) is -2.85. The second-order valence-corrected chi connectivity index (χ2v) is 12.4. The number of ether oxygens (including phenoxy) is 1. The number of rotatable bonds is 12. The van der Waals surface area contributed by atoms with Crippen LogP contribution < -0.4 is 14.4 Å². The summed E-state index contributed by atoms with van der Waals surface area (Å²) in [6, 6.07) is 14.3. The fraction of sp³-hybridized carbons (Fsp3) is 0.310. The van der Waals surface area contributed by atoms with Gasteiger partial charge >= 0.3 is 0 Å². The molecule has 0 aliphatic heterocycles. The zero-order valence-electron chi connectivity index (χ0n) is 23.1. The van der Waals surface area contributed by atoms with E-state index in [1.165, 1.54) is 48.4 Å². The first-order chi connectivity index (χ1) is 19.3. The molecule has 0 aliphatic rings. The van der Waals surface area contributed by atoms with Crippen LogP contribution in [0.25, 0.3) is 0 Å². The van der Waals surface area contributed by atoms with Crippen LogP contribution in [0.2, 0.25) is 10.0 Å². The highest BCUT2D eigenvalue weighted by Crippen LogP contribution is 2.27. The van der Waals surface area contributed by atoms with Gasteiger partial charge in [-0.2, -0.15) is 0 Å². The summed E-state index contributed by atoms with van der Waals surface area (Å²) in [5.41, 5.74) is 0.657. The number of halogens is 3. The van der Waals surface area contributed by atoms with Crippen LogP contribution in [0.15, 0.2) is 71.6 Å².